The van der Waals surface area contributed by atoms with Crippen LogP contribution in [0.2, 0.25) is 0 Å². The lowest BCUT2D eigenvalue weighted by molar-refractivity contribution is 0.569. The molecule has 490 valence electrons. The van der Waals surface area contributed by atoms with Gasteiger partial charge in [0.2, 0.25) is 0 Å². The molecule has 0 atom stereocenters. The fraction of sp³-hybridized carbons (Fsp3) is 0.125. The first-order chi connectivity index (χ1) is 49.5. The van der Waals surface area contributed by atoms with Gasteiger partial charge in [0.25, 0.3) is 6.71 Å². The SMILES string of the molecule is CC(C)(C)c1cc(-c2ccc3c(c2)N(c2cccc4c2oc2ccccc24)c2cc(C(C)(C)C)cc4c2B3c2ccc(-n3c5ccccc5c5cc6c7ccccc7n(-c7ccccc7)c6cc53)cc2N4c2c(-c3ccccc3)cc(-c3ccccc3)cc2-c2ccccc2)cc(C(C)(C)C)c1. The standard InChI is InChI=1S/C96H77BN4O/c1-94(2,3)66-49-64(50-67(54-66)95(4,5)6)63-45-47-79-86(53-63)100(83-43-28-40-74-73-39-24-27-44-90(73)102-93(74)83)88-55-68(96(7,8)9)56-89-91(88)97(79)80-48-46-70(99-82-42-26-23-38-72(82)78-58-77-71-37-22-25-41-81(71)98(84(77)59-85(78)99)69-35-20-13-21-36-69)57-87(80)101(89)92-75(61-31-16-11-17-32-61)51-65(60-29-14-10-15-30-60)52-76(92)62-33-18-12-19-34-62/h10-59H,1-9H3. The van der Waals surface area contributed by atoms with Gasteiger partial charge >= 0.3 is 0 Å². The normalized spacial score (nSPS) is 13.1. The van der Waals surface area contributed by atoms with Gasteiger partial charge in [-0.25, -0.2) is 0 Å². The van der Waals surface area contributed by atoms with E-state index in [0.29, 0.717) is 0 Å². The second-order valence-corrected chi connectivity index (χ2v) is 31.3. The van der Waals surface area contributed by atoms with Gasteiger partial charge in [-0.15, -0.1) is 0 Å². The van der Waals surface area contributed by atoms with Crippen LogP contribution in [-0.2, 0) is 16.2 Å². The van der Waals surface area contributed by atoms with E-state index in [1.165, 1.54) is 71.3 Å². The summed E-state index contributed by atoms with van der Waals surface area (Å²) in [5.41, 5.74) is 31.4. The molecule has 0 saturated heterocycles. The van der Waals surface area contributed by atoms with E-state index >= 15 is 0 Å². The molecule has 0 amide bonds. The first-order valence-electron chi connectivity index (χ1n) is 36.0. The predicted octanol–water partition coefficient (Wildman–Crippen LogP) is 24.4. The fourth-order valence-corrected chi connectivity index (χ4v) is 16.7. The molecule has 6 heteroatoms. The first kappa shape index (κ1) is 61.3. The minimum Gasteiger partial charge on any atom is -0.454 e. The van der Waals surface area contributed by atoms with E-state index in [-0.39, 0.29) is 23.0 Å². The molecule has 102 heavy (non-hydrogen) atoms. The summed E-state index contributed by atoms with van der Waals surface area (Å²) < 4.78 is 12.2. The Kier molecular flexibility index (Phi) is 13.7. The van der Waals surface area contributed by atoms with Crippen molar-refractivity contribution in [2.75, 3.05) is 9.80 Å². The Morgan fingerprint density at radius 2 is 0.745 bits per heavy atom. The molecule has 2 aliphatic heterocycles. The Bertz CT molecular complexity index is 6160. The summed E-state index contributed by atoms with van der Waals surface area (Å²) in [6.45, 7) is 20.9. The molecule has 5 nitrogen and oxygen atoms in total. The number of para-hydroxylation sites is 5. The molecule has 0 saturated carbocycles. The molecule has 0 bridgehead atoms. The van der Waals surface area contributed by atoms with E-state index in [1.54, 1.807) is 0 Å². The topological polar surface area (TPSA) is 29.5 Å². The summed E-state index contributed by atoms with van der Waals surface area (Å²) in [4.78, 5) is 5.29. The van der Waals surface area contributed by atoms with Crippen LogP contribution in [0.3, 0.4) is 0 Å². The highest BCUT2D eigenvalue weighted by Gasteiger charge is 2.46. The predicted molar refractivity (Wildman–Crippen MR) is 434 cm³/mol. The highest BCUT2D eigenvalue weighted by molar-refractivity contribution is 7.00. The van der Waals surface area contributed by atoms with E-state index in [9.17, 15) is 0 Å². The zero-order valence-corrected chi connectivity index (χ0v) is 59.1. The van der Waals surface area contributed by atoms with Crippen molar-refractivity contribution in [3.63, 3.8) is 0 Å². The molecular weight excluding hydrogens is 1240 g/mol. The second kappa shape index (κ2) is 22.8. The molecule has 3 aromatic heterocycles. The minimum absolute atomic E-state index is 0.0847. The van der Waals surface area contributed by atoms with Gasteiger partial charge in [0.1, 0.15) is 5.58 Å². The first-order valence-corrected chi connectivity index (χ1v) is 36.0. The number of benzene rings is 14. The molecule has 0 aliphatic carbocycles. The Balaban J connectivity index is 0.966. The molecule has 14 aromatic carbocycles. The summed E-state index contributed by atoms with van der Waals surface area (Å²) in [5.74, 6) is 0. The van der Waals surface area contributed by atoms with E-state index < -0.39 is 0 Å². The Hall–Kier alpha value is -11.9. The van der Waals surface area contributed by atoms with E-state index in [0.717, 1.165) is 117 Å². The minimum atomic E-state index is -0.317. The van der Waals surface area contributed by atoms with Gasteiger partial charge in [-0.3, -0.25) is 0 Å². The van der Waals surface area contributed by atoms with Crippen molar-refractivity contribution in [3.05, 3.63) is 320 Å². The molecule has 2 aliphatic rings. The summed E-state index contributed by atoms with van der Waals surface area (Å²) in [7, 11) is 0. The van der Waals surface area contributed by atoms with Crippen molar-refractivity contribution in [2.45, 2.75) is 78.6 Å². The van der Waals surface area contributed by atoms with Crippen molar-refractivity contribution >= 4 is 123 Å². The molecule has 0 radical (unpaired) electrons. The van der Waals surface area contributed by atoms with Crippen LogP contribution in [-0.4, -0.2) is 15.8 Å². The summed E-state index contributed by atoms with van der Waals surface area (Å²) in [6, 6.07) is 114. The number of nitrogens with zero attached hydrogens (tertiary/aromatic N) is 4. The van der Waals surface area contributed by atoms with Crippen LogP contribution in [0, 0.1) is 0 Å². The Labute approximate surface area is 596 Å². The highest BCUT2D eigenvalue weighted by atomic mass is 16.3. The lowest BCUT2D eigenvalue weighted by Gasteiger charge is -2.46. The van der Waals surface area contributed by atoms with Crippen molar-refractivity contribution in [2.24, 2.45) is 0 Å². The van der Waals surface area contributed by atoms with Gasteiger partial charge in [0.05, 0.1) is 33.4 Å². The molecule has 5 heterocycles. The van der Waals surface area contributed by atoms with Gasteiger partial charge in [-0.2, -0.15) is 0 Å². The quantitative estimate of drug-likeness (QED) is 0.142. The number of hydrogen-bond donors (Lipinski definition) is 0. The van der Waals surface area contributed by atoms with E-state index in [2.05, 4.69) is 385 Å². The van der Waals surface area contributed by atoms with Gasteiger partial charge in [-0.05, 0) is 174 Å². The third-order valence-electron chi connectivity index (χ3n) is 21.9. The summed E-state index contributed by atoms with van der Waals surface area (Å²) in [5, 5.41) is 7.06. The fourth-order valence-electron chi connectivity index (χ4n) is 16.7. The monoisotopic (exact) mass is 1310 g/mol. The maximum atomic E-state index is 7.23. The highest BCUT2D eigenvalue weighted by Crippen LogP contribution is 2.54. The molecule has 0 unspecified atom stereocenters. The van der Waals surface area contributed by atoms with Crippen LogP contribution in [0.25, 0.3) is 121 Å². The third kappa shape index (κ3) is 9.67. The zero-order chi connectivity index (χ0) is 69.1. The molecular formula is C96H77BN4O. The van der Waals surface area contributed by atoms with Gasteiger partial charge in [0, 0.05) is 77.6 Å². The number of aromatic nitrogens is 2. The zero-order valence-electron chi connectivity index (χ0n) is 59.1. The third-order valence-corrected chi connectivity index (χ3v) is 21.9. The number of furan rings is 1. The van der Waals surface area contributed by atoms with Crippen molar-refractivity contribution in [1.82, 2.24) is 9.13 Å². The maximum Gasteiger partial charge on any atom is 0.252 e. The molecule has 0 N–H and O–H groups in total. The van der Waals surface area contributed by atoms with Crippen molar-refractivity contribution in [1.29, 1.82) is 0 Å². The molecule has 19 rings (SSSR count). The van der Waals surface area contributed by atoms with Crippen LogP contribution in [0.1, 0.15) is 79.0 Å². The number of fused-ring (bicyclic) bond motifs is 13. The second-order valence-electron chi connectivity index (χ2n) is 31.3. The van der Waals surface area contributed by atoms with Gasteiger partial charge < -0.3 is 23.4 Å². The van der Waals surface area contributed by atoms with Crippen LogP contribution in [0.15, 0.2) is 308 Å². The van der Waals surface area contributed by atoms with Crippen molar-refractivity contribution < 1.29 is 4.42 Å². The van der Waals surface area contributed by atoms with Crippen LogP contribution >= 0.6 is 0 Å². The lowest BCUT2D eigenvalue weighted by atomic mass is 9.33. The number of rotatable bonds is 8. The average molecular weight is 1310 g/mol. The average Bonchev–Trinajstić information content (AvgIpc) is 0.691. The lowest BCUT2D eigenvalue weighted by Crippen LogP contribution is -2.61. The largest absolute Gasteiger partial charge is 0.454 e. The van der Waals surface area contributed by atoms with Gasteiger partial charge in [-0.1, -0.05) is 275 Å². The Morgan fingerprint density at radius 1 is 0.275 bits per heavy atom. The van der Waals surface area contributed by atoms with E-state index in [4.69, 9.17) is 4.42 Å². The van der Waals surface area contributed by atoms with Gasteiger partial charge in [0.15, 0.2) is 5.58 Å². The van der Waals surface area contributed by atoms with Crippen LogP contribution < -0.4 is 26.2 Å². The summed E-state index contributed by atoms with van der Waals surface area (Å²) in [6.07, 6.45) is 0. The molecule has 0 spiro atoms. The molecule has 17 aromatic rings. The van der Waals surface area contributed by atoms with E-state index in [1.807, 2.05) is 0 Å². The number of hydrogen-bond acceptors (Lipinski definition) is 3. The van der Waals surface area contributed by atoms with Crippen LogP contribution in [0.4, 0.5) is 34.1 Å². The van der Waals surface area contributed by atoms with Crippen LogP contribution in [0.5, 0.6) is 0 Å². The maximum absolute atomic E-state index is 7.23. The smallest absolute Gasteiger partial charge is 0.252 e. The van der Waals surface area contributed by atoms with Crippen molar-refractivity contribution in [3.8, 4) is 55.9 Å². The molecule has 0 fully saturated rings. The summed E-state index contributed by atoms with van der Waals surface area (Å²) >= 11 is 0. The Morgan fingerprint density at radius 3 is 1.33 bits per heavy atom. The number of anilines is 6.